The number of carbonyl (C=O) groups excluding carboxylic acids is 1. The summed E-state index contributed by atoms with van der Waals surface area (Å²) in [5.74, 6) is 0.562. The molecule has 0 spiro atoms. The fourth-order valence-corrected chi connectivity index (χ4v) is 5.39. The van der Waals surface area contributed by atoms with Crippen molar-refractivity contribution in [1.29, 1.82) is 0 Å². The van der Waals surface area contributed by atoms with Gasteiger partial charge in [0.1, 0.15) is 0 Å². The fraction of sp³-hybridized carbons (Fsp3) is 0.519. The van der Waals surface area contributed by atoms with Gasteiger partial charge in [-0.2, -0.15) is 5.10 Å². The Balaban J connectivity index is 1.32. The van der Waals surface area contributed by atoms with Gasteiger partial charge in [-0.15, -0.1) is 0 Å². The molecule has 0 saturated carbocycles. The first-order valence-electron chi connectivity index (χ1n) is 13.0. The zero-order chi connectivity index (χ0) is 24.4. The second kappa shape index (κ2) is 10.2. The van der Waals surface area contributed by atoms with E-state index in [2.05, 4.69) is 70.7 Å². The van der Waals surface area contributed by atoms with Crippen molar-refractivity contribution < 1.29 is 4.79 Å². The lowest BCUT2D eigenvalue weighted by atomic mass is 9.91. The summed E-state index contributed by atoms with van der Waals surface area (Å²) in [6.45, 7) is 12.5. The Morgan fingerprint density at radius 1 is 1.14 bits per heavy atom. The van der Waals surface area contributed by atoms with Gasteiger partial charge in [-0.1, -0.05) is 6.07 Å². The van der Waals surface area contributed by atoms with Crippen molar-refractivity contribution in [2.45, 2.75) is 45.6 Å². The molecule has 0 radical (unpaired) electrons. The van der Waals surface area contributed by atoms with Gasteiger partial charge < -0.3 is 20.0 Å². The molecule has 0 aromatic carbocycles. The van der Waals surface area contributed by atoms with Gasteiger partial charge in [-0.25, -0.2) is 9.31 Å². The number of hydrogen-bond acceptors (Lipinski definition) is 5. The maximum absolute atomic E-state index is 12.2. The van der Waals surface area contributed by atoms with E-state index in [0.717, 1.165) is 42.1 Å². The SMILES string of the molecule is CCNC(=O)N1CCN(c2ccnn3cc(-c4ccc([C@@H]5CCCN(C(C)C)C5)cn4)cc23)CC1. The quantitative estimate of drug-likeness (QED) is 0.607. The normalized spacial score (nSPS) is 19.5. The molecule has 0 bridgehead atoms. The van der Waals surface area contributed by atoms with E-state index in [0.29, 0.717) is 31.6 Å². The third-order valence-corrected chi connectivity index (χ3v) is 7.46. The smallest absolute Gasteiger partial charge is 0.317 e. The predicted octanol–water partition coefficient (Wildman–Crippen LogP) is 3.84. The molecule has 2 aliphatic rings. The molecule has 3 aromatic heterocycles. The summed E-state index contributed by atoms with van der Waals surface area (Å²) in [7, 11) is 0. The summed E-state index contributed by atoms with van der Waals surface area (Å²) in [4.78, 5) is 23.8. The zero-order valence-corrected chi connectivity index (χ0v) is 21.2. The number of anilines is 1. The topological polar surface area (TPSA) is 69.0 Å². The first kappa shape index (κ1) is 23.6. The fourth-order valence-electron chi connectivity index (χ4n) is 5.39. The number of likely N-dealkylation sites (tertiary alicyclic amines) is 1. The van der Waals surface area contributed by atoms with Gasteiger partial charge in [0.15, 0.2) is 0 Å². The molecule has 5 heterocycles. The van der Waals surface area contributed by atoms with Crippen LogP contribution >= 0.6 is 0 Å². The molecular formula is C27H37N7O. The summed E-state index contributed by atoms with van der Waals surface area (Å²) >= 11 is 0. The molecule has 0 unspecified atom stereocenters. The molecule has 8 heteroatoms. The van der Waals surface area contributed by atoms with E-state index in [1.54, 1.807) is 0 Å². The third-order valence-electron chi connectivity index (χ3n) is 7.46. The second-order valence-corrected chi connectivity index (χ2v) is 9.99. The van der Waals surface area contributed by atoms with Crippen LogP contribution in [0.2, 0.25) is 0 Å². The first-order chi connectivity index (χ1) is 17.0. The van der Waals surface area contributed by atoms with Crippen LogP contribution in [-0.4, -0.2) is 82.3 Å². The number of rotatable bonds is 5. The molecule has 35 heavy (non-hydrogen) atoms. The number of urea groups is 1. The van der Waals surface area contributed by atoms with Gasteiger partial charge in [-0.05, 0) is 69.8 Å². The molecule has 0 aliphatic carbocycles. The van der Waals surface area contributed by atoms with Gasteiger partial charge in [0.25, 0.3) is 0 Å². The standard InChI is InChI=1S/C27H37N7O/c1-4-28-27(35)32-14-12-31(13-15-32)25-9-10-30-34-19-23(16-26(25)34)24-8-7-21(17-29-24)22-6-5-11-33(18-22)20(2)3/h7-10,16-17,19-20,22H,4-6,11-15,18H2,1-3H3,(H,28,35)/t22-/m1/s1. The Bertz CT molecular complexity index is 1150. The van der Waals surface area contributed by atoms with Gasteiger partial charge in [0, 0.05) is 69.5 Å². The van der Waals surface area contributed by atoms with Crippen molar-refractivity contribution in [2.75, 3.05) is 50.7 Å². The molecule has 2 saturated heterocycles. The Labute approximate surface area is 207 Å². The van der Waals surface area contributed by atoms with Gasteiger partial charge in [0.05, 0.1) is 16.9 Å². The van der Waals surface area contributed by atoms with E-state index in [4.69, 9.17) is 4.98 Å². The lowest BCUT2D eigenvalue weighted by Gasteiger charge is -2.36. The summed E-state index contributed by atoms with van der Waals surface area (Å²) in [6.07, 6.45) is 8.47. The van der Waals surface area contributed by atoms with Crippen molar-refractivity contribution >= 4 is 17.2 Å². The van der Waals surface area contributed by atoms with Crippen molar-refractivity contribution in [1.82, 2.24) is 29.7 Å². The maximum Gasteiger partial charge on any atom is 0.317 e. The molecule has 5 rings (SSSR count). The zero-order valence-electron chi connectivity index (χ0n) is 21.2. The minimum absolute atomic E-state index is 0.0247. The minimum atomic E-state index is 0.0247. The highest BCUT2D eigenvalue weighted by atomic mass is 16.2. The number of nitrogens with one attached hydrogen (secondary N) is 1. The number of pyridine rings is 1. The molecule has 2 aliphatic heterocycles. The number of hydrogen-bond donors (Lipinski definition) is 1. The van der Waals surface area contributed by atoms with Crippen LogP contribution in [0.4, 0.5) is 10.5 Å². The highest BCUT2D eigenvalue weighted by Gasteiger charge is 2.24. The number of fused-ring (bicyclic) bond motifs is 1. The molecule has 1 atom stereocenters. The Morgan fingerprint density at radius 3 is 2.69 bits per heavy atom. The molecule has 186 valence electrons. The van der Waals surface area contributed by atoms with E-state index in [1.165, 1.54) is 24.9 Å². The van der Waals surface area contributed by atoms with Crippen molar-refractivity contribution in [3.05, 3.63) is 48.4 Å². The largest absolute Gasteiger partial charge is 0.366 e. The number of carbonyl (C=O) groups is 1. The molecule has 8 nitrogen and oxygen atoms in total. The van der Waals surface area contributed by atoms with Gasteiger partial charge in [0.2, 0.25) is 0 Å². The Hall–Kier alpha value is -3.13. The number of piperazine rings is 1. The number of piperidine rings is 1. The van der Waals surface area contributed by atoms with Crippen molar-refractivity contribution in [2.24, 2.45) is 0 Å². The van der Waals surface area contributed by atoms with Crippen LogP contribution in [0.5, 0.6) is 0 Å². The van der Waals surface area contributed by atoms with Crippen LogP contribution in [0.25, 0.3) is 16.8 Å². The number of nitrogens with zero attached hydrogens (tertiary/aromatic N) is 6. The summed E-state index contributed by atoms with van der Waals surface area (Å²) in [5, 5.41) is 7.45. The maximum atomic E-state index is 12.2. The van der Waals surface area contributed by atoms with Crippen LogP contribution < -0.4 is 10.2 Å². The highest BCUT2D eigenvalue weighted by Crippen LogP contribution is 2.31. The monoisotopic (exact) mass is 475 g/mol. The van der Waals surface area contributed by atoms with E-state index in [1.807, 2.05) is 22.5 Å². The third kappa shape index (κ3) is 4.98. The van der Waals surface area contributed by atoms with Crippen molar-refractivity contribution in [3.63, 3.8) is 0 Å². The number of aromatic nitrogens is 3. The van der Waals surface area contributed by atoms with E-state index in [9.17, 15) is 4.79 Å². The average Bonchev–Trinajstić information content (AvgIpc) is 3.34. The first-order valence-corrected chi connectivity index (χ1v) is 13.0. The average molecular weight is 476 g/mol. The predicted molar refractivity (Wildman–Crippen MR) is 140 cm³/mol. The molecule has 2 fully saturated rings. The molecular weight excluding hydrogens is 438 g/mol. The van der Waals surface area contributed by atoms with E-state index >= 15 is 0 Å². The van der Waals surface area contributed by atoms with E-state index < -0.39 is 0 Å². The summed E-state index contributed by atoms with van der Waals surface area (Å²) in [5.41, 5.74) is 5.61. The molecule has 3 aromatic rings. The molecule has 1 N–H and O–H groups in total. The summed E-state index contributed by atoms with van der Waals surface area (Å²) in [6, 6.07) is 9.29. The van der Waals surface area contributed by atoms with Crippen LogP contribution in [-0.2, 0) is 0 Å². The van der Waals surface area contributed by atoms with Crippen LogP contribution in [0.1, 0.15) is 45.1 Å². The lowest BCUT2D eigenvalue weighted by molar-refractivity contribution is 0.167. The van der Waals surface area contributed by atoms with Crippen LogP contribution in [0.3, 0.4) is 0 Å². The minimum Gasteiger partial charge on any atom is -0.366 e. The van der Waals surface area contributed by atoms with Gasteiger partial charge in [-0.3, -0.25) is 4.98 Å². The van der Waals surface area contributed by atoms with Gasteiger partial charge >= 0.3 is 6.03 Å². The summed E-state index contributed by atoms with van der Waals surface area (Å²) < 4.78 is 1.94. The lowest BCUT2D eigenvalue weighted by Crippen LogP contribution is -2.51. The molecule has 2 amide bonds. The van der Waals surface area contributed by atoms with Crippen LogP contribution in [0.15, 0.2) is 42.9 Å². The Kier molecular flexibility index (Phi) is 6.90. The number of amides is 2. The highest BCUT2D eigenvalue weighted by molar-refractivity contribution is 5.79. The van der Waals surface area contributed by atoms with Crippen LogP contribution in [0, 0.1) is 0 Å². The van der Waals surface area contributed by atoms with E-state index in [-0.39, 0.29) is 6.03 Å². The second-order valence-electron chi connectivity index (χ2n) is 9.99. The Morgan fingerprint density at radius 2 is 1.97 bits per heavy atom. The van der Waals surface area contributed by atoms with Crippen molar-refractivity contribution in [3.8, 4) is 11.3 Å².